The molecule has 9 nitrogen and oxygen atoms in total. The van der Waals surface area contributed by atoms with Gasteiger partial charge in [-0.2, -0.15) is 0 Å². The van der Waals surface area contributed by atoms with Crippen molar-refractivity contribution in [2.75, 3.05) is 7.11 Å². The van der Waals surface area contributed by atoms with Gasteiger partial charge in [-0.05, 0) is 74.3 Å². The first-order valence-electron chi connectivity index (χ1n) is 14.0. The Bertz CT molecular complexity index is 1240. The van der Waals surface area contributed by atoms with Crippen LogP contribution < -0.4 is 16.0 Å². The van der Waals surface area contributed by atoms with E-state index >= 15 is 0 Å². The molecule has 2 aromatic carbocycles. The van der Waals surface area contributed by atoms with Crippen LogP contribution in [0.5, 0.6) is 0 Å². The lowest BCUT2D eigenvalue weighted by Gasteiger charge is -2.33. The van der Waals surface area contributed by atoms with Gasteiger partial charge in [-0.15, -0.1) is 0 Å². The van der Waals surface area contributed by atoms with Gasteiger partial charge in [0.25, 0.3) is 0 Å². The number of rotatable bonds is 8. The summed E-state index contributed by atoms with van der Waals surface area (Å²) in [6, 6.07) is 12.7. The fraction of sp³-hybridized carbons (Fsp3) is 0.500. The molecule has 3 amide bonds. The third-order valence-corrected chi connectivity index (χ3v) is 6.92. The molecule has 0 radical (unpaired) electrons. The summed E-state index contributed by atoms with van der Waals surface area (Å²) in [5, 5.41) is 8.72. The summed E-state index contributed by atoms with van der Waals surface area (Å²) in [4.78, 5) is 51.9. The molecule has 0 aliphatic heterocycles. The molecule has 3 N–H and O–H groups in total. The van der Waals surface area contributed by atoms with E-state index in [0.717, 1.165) is 30.4 Å². The summed E-state index contributed by atoms with van der Waals surface area (Å²) < 4.78 is 10.2. The molecule has 3 atom stereocenters. The van der Waals surface area contributed by atoms with Crippen molar-refractivity contribution >= 4 is 23.9 Å². The number of methoxy groups -OCH3 is 1. The van der Waals surface area contributed by atoms with Crippen molar-refractivity contribution in [3.05, 3.63) is 70.8 Å². The molecule has 9 heteroatoms. The average Bonchev–Trinajstić information content (AvgIpc) is 2.89. The number of hydrogen-bond acceptors (Lipinski definition) is 6. The second-order valence-corrected chi connectivity index (χ2v) is 12.6. The van der Waals surface area contributed by atoms with E-state index in [9.17, 15) is 19.2 Å². The fourth-order valence-corrected chi connectivity index (χ4v) is 4.87. The van der Waals surface area contributed by atoms with E-state index in [1.807, 2.05) is 39.0 Å². The van der Waals surface area contributed by atoms with Crippen LogP contribution in [-0.2, 0) is 31.9 Å². The molecule has 41 heavy (non-hydrogen) atoms. The van der Waals surface area contributed by atoms with Crippen molar-refractivity contribution in [2.24, 2.45) is 5.41 Å². The van der Waals surface area contributed by atoms with E-state index in [-0.39, 0.29) is 18.4 Å². The SMILES string of the molecule is COC(=O)c1ccc(C[C@H](NC(=O)[C@@H](NC(=O)OC(C)(C)C)C(C)(C)C)C(=O)N[C@@H]2CCCc3ccccc32)cc1. The molecular formula is C32H43N3O6. The Morgan fingerprint density at radius 2 is 1.56 bits per heavy atom. The highest BCUT2D eigenvalue weighted by atomic mass is 16.6. The minimum Gasteiger partial charge on any atom is -0.465 e. The van der Waals surface area contributed by atoms with Gasteiger partial charge in [0.2, 0.25) is 11.8 Å². The molecule has 0 aromatic heterocycles. The standard InChI is InChI=1S/C32H43N3O6/c1-31(2,3)26(35-30(39)41-32(4,5)6)28(37)34-25(19-20-15-17-22(18-16-20)29(38)40-7)27(36)33-24-14-10-12-21-11-8-9-13-23(21)24/h8-9,11,13,15-18,24-26H,10,12,14,19H2,1-7H3,(H,33,36)(H,34,37)(H,35,39)/t24-,25+,26-/m1/s1. The number of amides is 3. The summed E-state index contributed by atoms with van der Waals surface area (Å²) in [5.41, 5.74) is 2.00. The molecule has 0 bridgehead atoms. The van der Waals surface area contributed by atoms with Crippen molar-refractivity contribution in [3.8, 4) is 0 Å². The van der Waals surface area contributed by atoms with Gasteiger partial charge in [0, 0.05) is 6.42 Å². The predicted octanol–water partition coefficient (Wildman–Crippen LogP) is 4.63. The Balaban J connectivity index is 1.85. The Morgan fingerprint density at radius 3 is 2.17 bits per heavy atom. The number of ether oxygens (including phenoxy) is 2. The average molecular weight is 566 g/mol. The number of hydrogen-bond donors (Lipinski definition) is 3. The van der Waals surface area contributed by atoms with Crippen LogP contribution in [0.2, 0.25) is 0 Å². The highest BCUT2D eigenvalue weighted by molar-refractivity contribution is 5.92. The van der Waals surface area contributed by atoms with Crippen LogP contribution in [0.3, 0.4) is 0 Å². The van der Waals surface area contributed by atoms with Crippen LogP contribution in [0, 0.1) is 5.41 Å². The monoisotopic (exact) mass is 565 g/mol. The smallest absolute Gasteiger partial charge is 0.408 e. The Kier molecular flexibility index (Phi) is 10.2. The number of fused-ring (bicyclic) bond motifs is 1. The molecular weight excluding hydrogens is 522 g/mol. The summed E-state index contributed by atoms with van der Waals surface area (Å²) in [7, 11) is 1.31. The van der Waals surface area contributed by atoms with Gasteiger partial charge >= 0.3 is 12.1 Å². The zero-order valence-electron chi connectivity index (χ0n) is 25.1. The maximum atomic E-state index is 13.8. The van der Waals surface area contributed by atoms with Crippen molar-refractivity contribution in [3.63, 3.8) is 0 Å². The molecule has 0 fully saturated rings. The first-order chi connectivity index (χ1) is 19.2. The van der Waals surface area contributed by atoms with Gasteiger partial charge in [0.1, 0.15) is 17.7 Å². The fourth-order valence-electron chi connectivity index (χ4n) is 4.87. The van der Waals surface area contributed by atoms with Gasteiger partial charge in [-0.25, -0.2) is 9.59 Å². The first-order valence-corrected chi connectivity index (χ1v) is 14.0. The summed E-state index contributed by atoms with van der Waals surface area (Å²) >= 11 is 0. The molecule has 3 rings (SSSR count). The maximum Gasteiger partial charge on any atom is 0.408 e. The van der Waals surface area contributed by atoms with Crippen LogP contribution >= 0.6 is 0 Å². The molecule has 1 aliphatic rings. The van der Waals surface area contributed by atoms with E-state index in [1.165, 1.54) is 12.7 Å². The number of esters is 1. The van der Waals surface area contributed by atoms with Crippen molar-refractivity contribution in [1.82, 2.24) is 16.0 Å². The van der Waals surface area contributed by atoms with Gasteiger partial charge in [0.15, 0.2) is 0 Å². The number of nitrogens with one attached hydrogen (secondary N) is 3. The molecule has 1 aliphatic carbocycles. The second kappa shape index (κ2) is 13.2. The minimum atomic E-state index is -0.968. The molecule has 0 saturated carbocycles. The number of alkyl carbamates (subject to hydrolysis) is 1. The summed E-state index contributed by atoms with van der Waals surface area (Å²) in [6.45, 7) is 10.7. The van der Waals surface area contributed by atoms with Crippen LogP contribution in [0.25, 0.3) is 0 Å². The molecule has 0 saturated heterocycles. The van der Waals surface area contributed by atoms with Gasteiger partial charge in [-0.1, -0.05) is 57.2 Å². The van der Waals surface area contributed by atoms with Crippen LogP contribution in [0.4, 0.5) is 4.79 Å². The highest BCUT2D eigenvalue weighted by Crippen LogP contribution is 2.29. The zero-order chi connectivity index (χ0) is 30.4. The van der Waals surface area contributed by atoms with Crippen molar-refractivity contribution < 1.29 is 28.7 Å². The van der Waals surface area contributed by atoms with Crippen LogP contribution in [-0.4, -0.2) is 48.7 Å². The molecule has 0 heterocycles. The number of aryl methyl sites for hydroxylation is 1. The first kappa shape index (κ1) is 31.6. The van der Waals surface area contributed by atoms with Crippen LogP contribution in [0.1, 0.15) is 87.5 Å². The van der Waals surface area contributed by atoms with Crippen molar-refractivity contribution in [1.29, 1.82) is 0 Å². The quantitative estimate of drug-likeness (QED) is 0.401. The number of benzene rings is 2. The normalized spacial score (nSPS) is 16.4. The third-order valence-electron chi connectivity index (χ3n) is 6.92. The zero-order valence-corrected chi connectivity index (χ0v) is 25.1. The van der Waals surface area contributed by atoms with Gasteiger partial charge in [-0.3, -0.25) is 9.59 Å². The minimum absolute atomic E-state index is 0.174. The molecule has 2 aromatic rings. The third kappa shape index (κ3) is 9.06. The molecule has 0 spiro atoms. The Labute approximate surface area is 242 Å². The number of carbonyl (C=O) groups excluding carboxylic acids is 4. The van der Waals surface area contributed by atoms with E-state index in [0.29, 0.717) is 5.56 Å². The van der Waals surface area contributed by atoms with Gasteiger partial charge in [0.05, 0.1) is 18.7 Å². The lowest BCUT2D eigenvalue weighted by atomic mass is 9.85. The topological polar surface area (TPSA) is 123 Å². The predicted molar refractivity (Wildman–Crippen MR) is 156 cm³/mol. The van der Waals surface area contributed by atoms with Crippen molar-refractivity contribution in [2.45, 2.75) is 91.0 Å². The summed E-state index contributed by atoms with van der Waals surface area (Å²) in [6.07, 6.45) is 2.16. The van der Waals surface area contributed by atoms with E-state index in [1.54, 1.807) is 45.0 Å². The van der Waals surface area contributed by atoms with E-state index < -0.39 is 41.1 Å². The molecule has 222 valence electrons. The Morgan fingerprint density at radius 1 is 0.902 bits per heavy atom. The largest absolute Gasteiger partial charge is 0.465 e. The van der Waals surface area contributed by atoms with E-state index in [2.05, 4.69) is 22.0 Å². The molecule has 0 unspecified atom stereocenters. The highest BCUT2D eigenvalue weighted by Gasteiger charge is 2.36. The van der Waals surface area contributed by atoms with Gasteiger partial charge < -0.3 is 25.4 Å². The Hall–Kier alpha value is -3.88. The second-order valence-electron chi connectivity index (χ2n) is 12.6. The maximum absolute atomic E-state index is 13.8. The van der Waals surface area contributed by atoms with Crippen LogP contribution in [0.15, 0.2) is 48.5 Å². The number of carbonyl (C=O) groups is 4. The lowest BCUT2D eigenvalue weighted by molar-refractivity contribution is -0.131. The lowest BCUT2D eigenvalue weighted by Crippen LogP contribution is -2.58. The van der Waals surface area contributed by atoms with E-state index in [4.69, 9.17) is 9.47 Å². The summed E-state index contributed by atoms with van der Waals surface area (Å²) in [5.74, 6) is -1.29.